The molecule has 0 aliphatic heterocycles. The standard InChI is InChI=1S/C12H21N5O2/c1-6(2)10(13)12(19)14-5-9(18)15-11-7(3)16-17-8(11)4/h6,10H,5,13H2,1-4H3,(H,14,19)(H,15,18)(H,16,17)/t10-/m0/s1. The van der Waals surface area contributed by atoms with E-state index in [0.717, 1.165) is 5.69 Å². The minimum atomic E-state index is -0.606. The largest absolute Gasteiger partial charge is 0.346 e. The van der Waals surface area contributed by atoms with E-state index in [1.807, 2.05) is 20.8 Å². The van der Waals surface area contributed by atoms with Gasteiger partial charge in [-0.3, -0.25) is 14.7 Å². The third-order valence-corrected chi connectivity index (χ3v) is 2.84. The van der Waals surface area contributed by atoms with Crippen molar-refractivity contribution in [1.82, 2.24) is 15.5 Å². The van der Waals surface area contributed by atoms with E-state index in [2.05, 4.69) is 20.8 Å². The van der Waals surface area contributed by atoms with Crippen LogP contribution in [-0.4, -0.2) is 34.6 Å². The van der Waals surface area contributed by atoms with Crippen LogP contribution >= 0.6 is 0 Å². The second kappa shape index (κ2) is 6.33. The summed E-state index contributed by atoms with van der Waals surface area (Å²) in [5, 5.41) is 11.9. The fraction of sp³-hybridized carbons (Fsp3) is 0.583. The SMILES string of the molecule is Cc1n[nH]c(C)c1NC(=O)CNC(=O)[C@@H](N)C(C)C. The molecule has 0 aliphatic carbocycles. The molecule has 0 saturated heterocycles. The molecule has 0 fully saturated rings. The third-order valence-electron chi connectivity index (χ3n) is 2.84. The van der Waals surface area contributed by atoms with Crippen molar-refractivity contribution >= 4 is 17.5 Å². The van der Waals surface area contributed by atoms with Gasteiger partial charge in [-0.2, -0.15) is 5.10 Å². The van der Waals surface area contributed by atoms with E-state index in [-0.39, 0.29) is 24.3 Å². The number of nitrogens with two attached hydrogens (primary N) is 1. The molecule has 0 saturated carbocycles. The third kappa shape index (κ3) is 4.06. The van der Waals surface area contributed by atoms with Crippen LogP contribution in [0.1, 0.15) is 25.2 Å². The van der Waals surface area contributed by atoms with Gasteiger partial charge in [0.15, 0.2) is 0 Å². The van der Waals surface area contributed by atoms with Gasteiger partial charge in [-0.15, -0.1) is 0 Å². The first kappa shape index (κ1) is 15.2. The summed E-state index contributed by atoms with van der Waals surface area (Å²) in [4.78, 5) is 23.3. The highest BCUT2D eigenvalue weighted by atomic mass is 16.2. The van der Waals surface area contributed by atoms with Crippen LogP contribution in [0.5, 0.6) is 0 Å². The zero-order chi connectivity index (χ0) is 14.6. The van der Waals surface area contributed by atoms with Gasteiger partial charge in [0.25, 0.3) is 0 Å². The van der Waals surface area contributed by atoms with Crippen molar-refractivity contribution in [3.8, 4) is 0 Å². The van der Waals surface area contributed by atoms with Crippen LogP contribution < -0.4 is 16.4 Å². The minimum Gasteiger partial charge on any atom is -0.346 e. The fourth-order valence-electron chi connectivity index (χ4n) is 1.51. The summed E-state index contributed by atoms with van der Waals surface area (Å²) in [5.74, 6) is -0.607. The van der Waals surface area contributed by atoms with Crippen LogP contribution in [0.2, 0.25) is 0 Å². The number of nitrogens with one attached hydrogen (secondary N) is 3. The number of hydrogen-bond donors (Lipinski definition) is 4. The number of nitrogens with zero attached hydrogens (tertiary/aromatic N) is 1. The highest BCUT2D eigenvalue weighted by Gasteiger charge is 2.18. The minimum absolute atomic E-state index is 0.0291. The van der Waals surface area contributed by atoms with Crippen LogP contribution in [0.4, 0.5) is 5.69 Å². The molecule has 1 heterocycles. The van der Waals surface area contributed by atoms with Crippen LogP contribution in [0, 0.1) is 19.8 Å². The Kier molecular flexibility index (Phi) is 5.05. The molecule has 0 aromatic carbocycles. The maximum Gasteiger partial charge on any atom is 0.243 e. The van der Waals surface area contributed by atoms with E-state index in [9.17, 15) is 9.59 Å². The lowest BCUT2D eigenvalue weighted by Crippen LogP contribution is -2.46. The second-order valence-corrected chi connectivity index (χ2v) is 4.84. The molecule has 0 unspecified atom stereocenters. The van der Waals surface area contributed by atoms with E-state index in [1.54, 1.807) is 6.92 Å². The van der Waals surface area contributed by atoms with Gasteiger partial charge >= 0.3 is 0 Å². The zero-order valence-electron chi connectivity index (χ0n) is 11.7. The number of aryl methyl sites for hydroxylation is 2. The molecule has 1 atom stereocenters. The van der Waals surface area contributed by atoms with E-state index in [1.165, 1.54) is 0 Å². The molecule has 7 heteroatoms. The van der Waals surface area contributed by atoms with Crippen molar-refractivity contribution < 1.29 is 9.59 Å². The Morgan fingerprint density at radius 3 is 2.47 bits per heavy atom. The summed E-state index contributed by atoms with van der Waals surface area (Å²) < 4.78 is 0. The molecule has 1 rings (SSSR count). The molecule has 0 aliphatic rings. The van der Waals surface area contributed by atoms with Gasteiger partial charge in [-0.25, -0.2) is 0 Å². The van der Waals surface area contributed by atoms with Crippen LogP contribution in [0.15, 0.2) is 0 Å². The summed E-state index contributed by atoms with van der Waals surface area (Å²) >= 11 is 0. The molecular formula is C12H21N5O2. The number of hydrogen-bond acceptors (Lipinski definition) is 4. The van der Waals surface area contributed by atoms with Gasteiger partial charge in [0.1, 0.15) is 0 Å². The van der Waals surface area contributed by atoms with Gasteiger partial charge in [0.05, 0.1) is 29.7 Å². The average molecular weight is 267 g/mol. The first-order chi connectivity index (χ1) is 8.82. The number of aromatic amines is 1. The Labute approximate surface area is 112 Å². The van der Waals surface area contributed by atoms with Crippen molar-refractivity contribution in [2.75, 3.05) is 11.9 Å². The number of aromatic nitrogens is 2. The van der Waals surface area contributed by atoms with Gasteiger partial charge in [0.2, 0.25) is 11.8 Å². The predicted octanol–water partition coefficient (Wildman–Crippen LogP) is 0.0645. The number of amides is 2. The maximum absolute atomic E-state index is 11.7. The normalized spacial score (nSPS) is 12.3. The predicted molar refractivity (Wildman–Crippen MR) is 72.5 cm³/mol. The van der Waals surface area contributed by atoms with E-state index in [0.29, 0.717) is 11.4 Å². The molecule has 0 spiro atoms. The monoisotopic (exact) mass is 267 g/mol. The Hall–Kier alpha value is -1.89. The van der Waals surface area contributed by atoms with Crippen molar-refractivity contribution in [2.45, 2.75) is 33.7 Å². The highest BCUT2D eigenvalue weighted by molar-refractivity contribution is 5.96. The first-order valence-corrected chi connectivity index (χ1v) is 6.17. The zero-order valence-corrected chi connectivity index (χ0v) is 11.7. The van der Waals surface area contributed by atoms with Gasteiger partial charge in [-0.1, -0.05) is 13.8 Å². The maximum atomic E-state index is 11.7. The number of H-pyrrole nitrogens is 1. The lowest BCUT2D eigenvalue weighted by molar-refractivity contribution is -0.125. The molecular weight excluding hydrogens is 246 g/mol. The topological polar surface area (TPSA) is 113 Å². The molecule has 0 bridgehead atoms. The van der Waals surface area contributed by atoms with Gasteiger partial charge in [-0.05, 0) is 19.8 Å². The Balaban J connectivity index is 2.47. The number of carbonyl (C=O) groups is 2. The summed E-state index contributed by atoms with van der Waals surface area (Å²) in [6.07, 6.45) is 0. The lowest BCUT2D eigenvalue weighted by Gasteiger charge is -2.15. The summed E-state index contributed by atoms with van der Waals surface area (Å²) in [7, 11) is 0. The number of rotatable bonds is 5. The molecule has 1 aromatic heterocycles. The van der Waals surface area contributed by atoms with E-state index < -0.39 is 6.04 Å². The van der Waals surface area contributed by atoms with Crippen molar-refractivity contribution in [3.05, 3.63) is 11.4 Å². The molecule has 106 valence electrons. The fourth-order valence-corrected chi connectivity index (χ4v) is 1.51. The Morgan fingerprint density at radius 2 is 2.00 bits per heavy atom. The Bertz CT molecular complexity index is 447. The highest BCUT2D eigenvalue weighted by Crippen LogP contribution is 2.15. The summed E-state index contributed by atoms with van der Waals surface area (Å²) in [5.41, 5.74) is 7.80. The molecule has 7 nitrogen and oxygen atoms in total. The van der Waals surface area contributed by atoms with Gasteiger partial charge in [0, 0.05) is 0 Å². The van der Waals surface area contributed by atoms with Crippen molar-refractivity contribution in [3.63, 3.8) is 0 Å². The van der Waals surface area contributed by atoms with E-state index >= 15 is 0 Å². The van der Waals surface area contributed by atoms with Crippen molar-refractivity contribution in [1.29, 1.82) is 0 Å². The number of anilines is 1. The first-order valence-electron chi connectivity index (χ1n) is 6.17. The second-order valence-electron chi connectivity index (χ2n) is 4.84. The van der Waals surface area contributed by atoms with Gasteiger partial charge < -0.3 is 16.4 Å². The van der Waals surface area contributed by atoms with Crippen LogP contribution in [0.3, 0.4) is 0 Å². The lowest BCUT2D eigenvalue weighted by atomic mass is 10.1. The van der Waals surface area contributed by atoms with Crippen LogP contribution in [-0.2, 0) is 9.59 Å². The summed E-state index contributed by atoms with van der Waals surface area (Å²) in [6, 6.07) is -0.606. The quantitative estimate of drug-likeness (QED) is 0.604. The average Bonchev–Trinajstić information content (AvgIpc) is 2.66. The molecule has 1 aromatic rings. The summed E-state index contributed by atoms with van der Waals surface area (Å²) in [6.45, 7) is 7.18. The number of carbonyl (C=O) groups excluding carboxylic acids is 2. The molecule has 5 N–H and O–H groups in total. The smallest absolute Gasteiger partial charge is 0.243 e. The molecule has 19 heavy (non-hydrogen) atoms. The van der Waals surface area contributed by atoms with E-state index in [4.69, 9.17) is 5.73 Å². The Morgan fingerprint density at radius 1 is 1.37 bits per heavy atom. The van der Waals surface area contributed by atoms with Crippen LogP contribution in [0.25, 0.3) is 0 Å². The van der Waals surface area contributed by atoms with Crippen molar-refractivity contribution in [2.24, 2.45) is 11.7 Å². The molecule has 2 amide bonds. The molecule has 0 radical (unpaired) electrons.